The lowest BCUT2D eigenvalue weighted by Crippen LogP contribution is -2.05. The van der Waals surface area contributed by atoms with Crippen molar-refractivity contribution in [1.82, 2.24) is 0 Å². The Labute approximate surface area is 99.5 Å². The molecule has 0 radical (unpaired) electrons. The SMILES string of the molecule is O=C(Cl)C=Cc1ccc(Cl)c(C(F)(F)F)c1. The van der Waals surface area contributed by atoms with E-state index in [4.69, 9.17) is 23.2 Å². The van der Waals surface area contributed by atoms with Gasteiger partial charge in [0.05, 0.1) is 10.6 Å². The molecule has 0 N–H and O–H groups in total. The van der Waals surface area contributed by atoms with E-state index in [0.717, 1.165) is 18.2 Å². The molecule has 16 heavy (non-hydrogen) atoms. The number of hydrogen-bond donors (Lipinski definition) is 0. The van der Waals surface area contributed by atoms with Crippen molar-refractivity contribution >= 4 is 34.5 Å². The highest BCUT2D eigenvalue weighted by Gasteiger charge is 2.33. The maximum atomic E-state index is 12.4. The minimum atomic E-state index is -4.52. The molecule has 0 saturated carbocycles. The van der Waals surface area contributed by atoms with Crippen LogP contribution in [0.2, 0.25) is 5.02 Å². The zero-order chi connectivity index (χ0) is 12.3. The van der Waals surface area contributed by atoms with Crippen LogP contribution in [0, 0.1) is 0 Å². The van der Waals surface area contributed by atoms with Crippen molar-refractivity contribution in [2.75, 3.05) is 0 Å². The average molecular weight is 269 g/mol. The summed E-state index contributed by atoms with van der Waals surface area (Å²) in [5, 5.41) is -1.15. The lowest BCUT2D eigenvalue weighted by Gasteiger charge is -2.09. The van der Waals surface area contributed by atoms with Gasteiger partial charge < -0.3 is 0 Å². The van der Waals surface area contributed by atoms with E-state index >= 15 is 0 Å². The molecule has 1 aromatic carbocycles. The predicted octanol–water partition coefficient (Wildman–Crippen LogP) is 4.14. The number of allylic oxidation sites excluding steroid dienone is 1. The van der Waals surface area contributed by atoms with Crippen molar-refractivity contribution in [3.05, 3.63) is 40.4 Å². The molecule has 0 aliphatic rings. The molecule has 0 bridgehead atoms. The molecular formula is C10H5Cl2F3O. The molecule has 0 atom stereocenters. The highest BCUT2D eigenvalue weighted by Crippen LogP contribution is 2.35. The van der Waals surface area contributed by atoms with E-state index in [1.165, 1.54) is 12.1 Å². The molecule has 0 spiro atoms. The summed E-state index contributed by atoms with van der Waals surface area (Å²) in [5.74, 6) is 0. The third-order valence-electron chi connectivity index (χ3n) is 1.70. The van der Waals surface area contributed by atoms with Gasteiger partial charge in [0.1, 0.15) is 0 Å². The minimum absolute atomic E-state index is 0.200. The van der Waals surface area contributed by atoms with E-state index in [9.17, 15) is 18.0 Å². The van der Waals surface area contributed by atoms with Gasteiger partial charge in [0.15, 0.2) is 0 Å². The van der Waals surface area contributed by atoms with Gasteiger partial charge >= 0.3 is 6.18 Å². The monoisotopic (exact) mass is 268 g/mol. The van der Waals surface area contributed by atoms with Gasteiger partial charge in [-0.1, -0.05) is 23.7 Å². The highest BCUT2D eigenvalue weighted by molar-refractivity contribution is 6.66. The molecule has 1 rings (SSSR count). The van der Waals surface area contributed by atoms with Gasteiger partial charge in [0, 0.05) is 0 Å². The Morgan fingerprint density at radius 1 is 1.31 bits per heavy atom. The molecule has 0 unspecified atom stereocenters. The number of benzene rings is 1. The van der Waals surface area contributed by atoms with Crippen molar-refractivity contribution in [2.45, 2.75) is 6.18 Å². The summed E-state index contributed by atoms with van der Waals surface area (Å²) in [6.07, 6.45) is -2.38. The molecular weight excluding hydrogens is 264 g/mol. The molecule has 0 fully saturated rings. The summed E-state index contributed by atoms with van der Waals surface area (Å²) in [4.78, 5) is 10.4. The van der Waals surface area contributed by atoms with Crippen LogP contribution in [-0.2, 0) is 11.0 Å². The normalized spacial score (nSPS) is 12.1. The lowest BCUT2D eigenvalue weighted by atomic mass is 10.1. The summed E-state index contributed by atoms with van der Waals surface area (Å²) >= 11 is 10.4. The topological polar surface area (TPSA) is 17.1 Å². The van der Waals surface area contributed by atoms with Crippen molar-refractivity contribution < 1.29 is 18.0 Å². The van der Waals surface area contributed by atoms with Crippen LogP contribution in [0.4, 0.5) is 13.2 Å². The molecule has 0 heterocycles. The Hall–Kier alpha value is -1.00. The third kappa shape index (κ3) is 3.54. The van der Waals surface area contributed by atoms with Crippen LogP contribution < -0.4 is 0 Å². The first-order valence-electron chi connectivity index (χ1n) is 4.05. The summed E-state index contributed by atoms with van der Waals surface area (Å²) in [6.45, 7) is 0. The quantitative estimate of drug-likeness (QED) is 0.582. The average Bonchev–Trinajstić information content (AvgIpc) is 2.14. The first kappa shape index (κ1) is 13.1. The van der Waals surface area contributed by atoms with Gasteiger partial charge in [-0.05, 0) is 35.4 Å². The number of halogens is 5. The van der Waals surface area contributed by atoms with E-state index in [1.807, 2.05) is 0 Å². The molecule has 1 nitrogen and oxygen atoms in total. The first-order chi connectivity index (χ1) is 7.30. The molecule has 1 aromatic rings. The largest absolute Gasteiger partial charge is 0.417 e. The summed E-state index contributed by atoms with van der Waals surface area (Å²) in [6, 6.07) is 3.31. The second-order valence-corrected chi connectivity index (χ2v) is 3.65. The van der Waals surface area contributed by atoms with Gasteiger partial charge in [0.25, 0.3) is 0 Å². The number of carbonyl (C=O) groups excluding carboxylic acids is 1. The van der Waals surface area contributed by atoms with E-state index in [0.29, 0.717) is 0 Å². The zero-order valence-electron chi connectivity index (χ0n) is 7.68. The molecule has 0 saturated heterocycles. The van der Waals surface area contributed by atoms with Crippen LogP contribution in [0.1, 0.15) is 11.1 Å². The van der Waals surface area contributed by atoms with Gasteiger partial charge in [-0.2, -0.15) is 13.2 Å². The summed E-state index contributed by atoms with van der Waals surface area (Å²) in [7, 11) is 0. The smallest absolute Gasteiger partial charge is 0.276 e. The fourth-order valence-corrected chi connectivity index (χ4v) is 1.31. The fraction of sp³-hybridized carbons (Fsp3) is 0.100. The summed E-state index contributed by atoms with van der Waals surface area (Å²) < 4.78 is 37.3. The molecule has 0 amide bonds. The zero-order valence-corrected chi connectivity index (χ0v) is 9.20. The van der Waals surface area contributed by atoms with Gasteiger partial charge in [0.2, 0.25) is 5.24 Å². The molecule has 6 heteroatoms. The molecule has 0 aromatic heterocycles. The number of alkyl halides is 3. The standard InChI is InChI=1S/C10H5Cl2F3O/c11-8-3-1-6(2-4-9(12)16)5-7(8)10(13,14)15/h1-5H. The van der Waals surface area contributed by atoms with Gasteiger partial charge in [-0.15, -0.1) is 0 Å². The van der Waals surface area contributed by atoms with E-state index in [2.05, 4.69) is 0 Å². The second-order valence-electron chi connectivity index (χ2n) is 2.87. The van der Waals surface area contributed by atoms with Crippen molar-refractivity contribution in [3.63, 3.8) is 0 Å². The maximum Gasteiger partial charge on any atom is 0.417 e. The highest BCUT2D eigenvalue weighted by atomic mass is 35.5. The molecule has 0 aliphatic heterocycles. The molecule has 86 valence electrons. The van der Waals surface area contributed by atoms with Crippen molar-refractivity contribution in [3.8, 4) is 0 Å². The fourth-order valence-electron chi connectivity index (χ4n) is 1.03. The Morgan fingerprint density at radius 2 is 1.94 bits per heavy atom. The van der Waals surface area contributed by atoms with Crippen LogP contribution in [-0.4, -0.2) is 5.24 Å². The second kappa shape index (κ2) is 4.89. The predicted molar refractivity (Wildman–Crippen MR) is 56.3 cm³/mol. The van der Waals surface area contributed by atoms with E-state index in [-0.39, 0.29) is 10.6 Å². The molecule has 0 aliphatic carbocycles. The number of carbonyl (C=O) groups is 1. The third-order valence-corrected chi connectivity index (χ3v) is 2.16. The summed E-state index contributed by atoms with van der Waals surface area (Å²) in [5.41, 5.74) is -0.746. The Morgan fingerprint density at radius 3 is 2.44 bits per heavy atom. The van der Waals surface area contributed by atoms with Crippen molar-refractivity contribution in [1.29, 1.82) is 0 Å². The van der Waals surface area contributed by atoms with E-state index in [1.54, 1.807) is 0 Å². The van der Waals surface area contributed by atoms with Crippen LogP contribution in [0.15, 0.2) is 24.3 Å². The van der Waals surface area contributed by atoms with Gasteiger partial charge in [-0.25, -0.2) is 0 Å². The van der Waals surface area contributed by atoms with Crippen LogP contribution >= 0.6 is 23.2 Å². The first-order valence-corrected chi connectivity index (χ1v) is 4.80. The maximum absolute atomic E-state index is 12.4. The number of hydrogen-bond acceptors (Lipinski definition) is 1. The minimum Gasteiger partial charge on any atom is -0.276 e. The lowest BCUT2D eigenvalue weighted by molar-refractivity contribution is -0.137. The van der Waals surface area contributed by atoms with E-state index < -0.39 is 17.0 Å². The van der Waals surface area contributed by atoms with Gasteiger partial charge in [-0.3, -0.25) is 4.79 Å². The van der Waals surface area contributed by atoms with Crippen LogP contribution in [0.5, 0.6) is 0 Å². The van der Waals surface area contributed by atoms with Crippen LogP contribution in [0.3, 0.4) is 0 Å². The Kier molecular flexibility index (Phi) is 3.99. The Balaban J connectivity index is 3.13. The Bertz CT molecular complexity index is 438. The number of rotatable bonds is 2. The van der Waals surface area contributed by atoms with Crippen molar-refractivity contribution in [2.24, 2.45) is 0 Å². The van der Waals surface area contributed by atoms with Crippen LogP contribution in [0.25, 0.3) is 6.08 Å².